The Bertz CT molecular complexity index is 1280. The molecule has 9 nitrogen and oxygen atoms in total. The molecule has 3 N–H and O–H groups in total. The molecule has 5 rings (SSSR count). The number of aliphatic hydroxyl groups excluding tert-OH is 1. The standard InChI is InChI=1S/C25H27F2N5O4/c1-35-15-8-17-16(4-6-28-24(17)18(26)9-15)21(33)12-32-7-5-20(19(27)11-32)29-10-14-2-3-22-25(30-14)31-23(34)13-36-22/h2-4,6,8-9,19-21,29,33H,5,7,10-13H2,1H3,(H,30,31,34)/t19?,20?,21-/m1/s1. The van der Waals surface area contributed by atoms with Crippen LogP contribution in [0.4, 0.5) is 14.6 Å². The van der Waals surface area contributed by atoms with E-state index in [9.17, 15) is 14.3 Å². The van der Waals surface area contributed by atoms with Crippen LogP contribution in [0.2, 0.25) is 0 Å². The normalized spacial score (nSPS) is 20.9. The van der Waals surface area contributed by atoms with Crippen LogP contribution < -0.4 is 20.1 Å². The fourth-order valence-electron chi connectivity index (χ4n) is 4.66. The van der Waals surface area contributed by atoms with E-state index < -0.39 is 18.1 Å². The van der Waals surface area contributed by atoms with Crippen molar-refractivity contribution in [3.8, 4) is 11.5 Å². The molecule has 1 amide bonds. The number of nitrogens with zero attached hydrogens (tertiary/aromatic N) is 3. The van der Waals surface area contributed by atoms with Crippen molar-refractivity contribution in [2.45, 2.75) is 31.3 Å². The molecule has 36 heavy (non-hydrogen) atoms. The second-order valence-corrected chi connectivity index (χ2v) is 8.96. The SMILES string of the molecule is COc1cc(F)c2nccc([C@H](O)CN3CCC(NCc4ccc5c(n4)NC(=O)CO5)C(F)C3)c2c1. The van der Waals surface area contributed by atoms with Crippen molar-refractivity contribution >= 4 is 22.6 Å². The number of hydrogen-bond acceptors (Lipinski definition) is 8. The van der Waals surface area contributed by atoms with E-state index in [1.165, 1.54) is 19.4 Å². The van der Waals surface area contributed by atoms with E-state index in [2.05, 4.69) is 20.6 Å². The maximum atomic E-state index is 15.0. The van der Waals surface area contributed by atoms with Crippen molar-refractivity contribution < 1.29 is 28.2 Å². The number of carbonyl (C=O) groups is 1. The maximum absolute atomic E-state index is 15.0. The van der Waals surface area contributed by atoms with Crippen LogP contribution in [0, 0.1) is 5.82 Å². The molecule has 3 atom stereocenters. The number of halogens is 2. The van der Waals surface area contributed by atoms with Crippen LogP contribution >= 0.6 is 0 Å². The average Bonchev–Trinajstić information content (AvgIpc) is 2.87. The highest BCUT2D eigenvalue weighted by atomic mass is 19.1. The molecule has 2 aliphatic heterocycles. The fraction of sp³-hybridized carbons (Fsp3) is 0.400. The third-order valence-corrected chi connectivity index (χ3v) is 6.53. The fourth-order valence-corrected chi connectivity index (χ4v) is 4.66. The van der Waals surface area contributed by atoms with Crippen molar-refractivity contribution in [2.75, 3.05) is 38.7 Å². The van der Waals surface area contributed by atoms with Crippen molar-refractivity contribution in [3.05, 3.63) is 53.6 Å². The lowest BCUT2D eigenvalue weighted by Crippen LogP contribution is -2.51. The van der Waals surface area contributed by atoms with Crippen LogP contribution in [0.15, 0.2) is 36.5 Å². The van der Waals surface area contributed by atoms with Gasteiger partial charge in [-0.3, -0.25) is 14.7 Å². The number of amides is 1. The number of fused-ring (bicyclic) bond motifs is 2. The Kier molecular flexibility index (Phi) is 6.95. The molecule has 2 unspecified atom stereocenters. The molecule has 2 aliphatic rings. The highest BCUT2D eigenvalue weighted by Crippen LogP contribution is 2.30. The van der Waals surface area contributed by atoms with Gasteiger partial charge in [-0.05, 0) is 42.8 Å². The molecule has 0 saturated carbocycles. The molecule has 11 heteroatoms. The number of hydrogen-bond donors (Lipinski definition) is 3. The Morgan fingerprint density at radius 2 is 2.22 bits per heavy atom. The Balaban J connectivity index is 1.19. The first-order valence-electron chi connectivity index (χ1n) is 11.7. The minimum absolute atomic E-state index is 0.0362. The van der Waals surface area contributed by atoms with E-state index in [1.54, 1.807) is 24.3 Å². The lowest BCUT2D eigenvalue weighted by atomic mass is 10.00. The van der Waals surface area contributed by atoms with Crippen LogP contribution in [0.1, 0.15) is 23.8 Å². The summed E-state index contributed by atoms with van der Waals surface area (Å²) < 4.78 is 39.9. The first kappa shape index (κ1) is 24.3. The van der Waals surface area contributed by atoms with Crippen LogP contribution in [0.3, 0.4) is 0 Å². The first-order chi connectivity index (χ1) is 17.4. The Morgan fingerprint density at radius 3 is 3.03 bits per heavy atom. The van der Waals surface area contributed by atoms with Crippen LogP contribution in [0.25, 0.3) is 10.9 Å². The third-order valence-electron chi connectivity index (χ3n) is 6.53. The molecule has 0 spiro atoms. The van der Waals surface area contributed by atoms with Crippen molar-refractivity contribution in [1.29, 1.82) is 0 Å². The van der Waals surface area contributed by atoms with Gasteiger partial charge in [0.25, 0.3) is 5.91 Å². The van der Waals surface area contributed by atoms with E-state index in [0.29, 0.717) is 53.5 Å². The molecule has 2 aromatic heterocycles. The summed E-state index contributed by atoms with van der Waals surface area (Å²) in [4.78, 5) is 21.8. The summed E-state index contributed by atoms with van der Waals surface area (Å²) in [6.45, 7) is 1.24. The van der Waals surface area contributed by atoms with Gasteiger partial charge in [0.15, 0.2) is 24.0 Å². The van der Waals surface area contributed by atoms with Gasteiger partial charge in [0.05, 0.1) is 18.9 Å². The molecule has 0 bridgehead atoms. The molecule has 0 radical (unpaired) electrons. The number of aromatic nitrogens is 2. The number of anilines is 1. The molecule has 1 fully saturated rings. The molecule has 0 aliphatic carbocycles. The zero-order valence-electron chi connectivity index (χ0n) is 19.7. The Labute approximate surface area is 206 Å². The van der Waals surface area contributed by atoms with E-state index in [4.69, 9.17) is 9.47 Å². The van der Waals surface area contributed by atoms with Crippen LogP contribution in [-0.4, -0.2) is 71.4 Å². The number of β-amino-alcohol motifs (C(OH)–C–C–N with tert-alkyl or cyclic N) is 1. The van der Waals surface area contributed by atoms with Crippen LogP contribution in [0.5, 0.6) is 11.5 Å². The lowest BCUT2D eigenvalue weighted by molar-refractivity contribution is -0.118. The summed E-state index contributed by atoms with van der Waals surface area (Å²) in [5.74, 6) is 0.421. The monoisotopic (exact) mass is 499 g/mol. The van der Waals surface area contributed by atoms with Gasteiger partial charge in [-0.15, -0.1) is 0 Å². The number of aliphatic hydroxyl groups is 1. The van der Waals surface area contributed by atoms with E-state index in [-0.39, 0.29) is 37.2 Å². The van der Waals surface area contributed by atoms with Gasteiger partial charge < -0.3 is 25.2 Å². The highest BCUT2D eigenvalue weighted by Gasteiger charge is 2.30. The molecule has 1 aromatic carbocycles. The zero-order chi connectivity index (χ0) is 25.2. The Hall–Kier alpha value is -3.41. The zero-order valence-corrected chi connectivity index (χ0v) is 19.7. The second kappa shape index (κ2) is 10.3. The lowest BCUT2D eigenvalue weighted by Gasteiger charge is -2.36. The predicted octanol–water partition coefficient (Wildman–Crippen LogP) is 2.34. The summed E-state index contributed by atoms with van der Waals surface area (Å²) >= 11 is 0. The quantitative estimate of drug-likeness (QED) is 0.455. The van der Waals surface area contributed by atoms with Gasteiger partial charge in [-0.25, -0.2) is 13.8 Å². The molecule has 3 aromatic rings. The minimum atomic E-state index is -1.15. The number of benzene rings is 1. The van der Waals surface area contributed by atoms with Gasteiger partial charge in [0.1, 0.15) is 17.4 Å². The molecular formula is C25H27F2N5O4. The summed E-state index contributed by atoms with van der Waals surface area (Å²) in [5.41, 5.74) is 1.33. The van der Waals surface area contributed by atoms with Gasteiger partial charge in [-0.1, -0.05) is 0 Å². The molecule has 4 heterocycles. The predicted molar refractivity (Wildman–Crippen MR) is 128 cm³/mol. The average molecular weight is 500 g/mol. The smallest absolute Gasteiger partial charge is 0.263 e. The molecule has 190 valence electrons. The van der Waals surface area contributed by atoms with Crippen molar-refractivity contribution in [3.63, 3.8) is 0 Å². The summed E-state index contributed by atoms with van der Waals surface area (Å²) in [6, 6.07) is 7.68. The van der Waals surface area contributed by atoms with Crippen molar-refractivity contribution in [1.82, 2.24) is 20.2 Å². The largest absolute Gasteiger partial charge is 0.497 e. The number of carbonyl (C=O) groups excluding carboxylic acids is 1. The third kappa shape index (κ3) is 5.08. The molecule has 1 saturated heterocycles. The van der Waals surface area contributed by atoms with Gasteiger partial charge >= 0.3 is 0 Å². The number of ether oxygens (including phenoxy) is 2. The first-order valence-corrected chi connectivity index (χ1v) is 11.7. The van der Waals surface area contributed by atoms with Crippen LogP contribution in [-0.2, 0) is 11.3 Å². The number of rotatable bonds is 7. The number of nitrogens with one attached hydrogen (secondary N) is 2. The van der Waals surface area contributed by atoms with Gasteiger partial charge in [0, 0.05) is 43.3 Å². The summed E-state index contributed by atoms with van der Waals surface area (Å²) in [6.07, 6.45) is -0.108. The van der Waals surface area contributed by atoms with Crippen molar-refractivity contribution in [2.24, 2.45) is 0 Å². The number of piperidine rings is 1. The van der Waals surface area contributed by atoms with E-state index >= 15 is 4.39 Å². The highest BCUT2D eigenvalue weighted by molar-refractivity contribution is 5.94. The van der Waals surface area contributed by atoms with Gasteiger partial charge in [0.2, 0.25) is 0 Å². The Morgan fingerprint density at radius 1 is 1.36 bits per heavy atom. The van der Waals surface area contributed by atoms with E-state index in [1.807, 2.05) is 4.90 Å². The number of likely N-dealkylation sites (tertiary alicyclic amines) is 1. The number of pyridine rings is 2. The summed E-state index contributed by atoms with van der Waals surface area (Å²) in [7, 11) is 1.44. The second-order valence-electron chi connectivity index (χ2n) is 8.96. The number of methoxy groups -OCH3 is 1. The minimum Gasteiger partial charge on any atom is -0.497 e. The number of alkyl halides is 1. The van der Waals surface area contributed by atoms with E-state index in [0.717, 1.165) is 0 Å². The van der Waals surface area contributed by atoms with Gasteiger partial charge in [-0.2, -0.15) is 0 Å². The maximum Gasteiger partial charge on any atom is 0.263 e. The molecular weight excluding hydrogens is 472 g/mol. The topological polar surface area (TPSA) is 109 Å². The summed E-state index contributed by atoms with van der Waals surface area (Å²) in [5, 5.41) is 17.3.